The Labute approximate surface area is 274 Å². The van der Waals surface area contributed by atoms with Crippen molar-refractivity contribution in [1.82, 2.24) is 10.3 Å². The number of fused-ring (bicyclic) bond motifs is 1. The van der Waals surface area contributed by atoms with E-state index in [1.54, 1.807) is 25.3 Å². The lowest BCUT2D eigenvalue weighted by atomic mass is 10.00. The van der Waals surface area contributed by atoms with E-state index in [1.165, 1.54) is 18.6 Å². The minimum atomic E-state index is -5.08. The maximum Gasteiger partial charge on any atom is 0.490 e. The maximum absolute atomic E-state index is 13.8. The predicted molar refractivity (Wildman–Crippen MR) is 175 cm³/mol. The number of rotatable bonds is 10. The highest BCUT2D eigenvalue weighted by atomic mass is 32.2. The van der Waals surface area contributed by atoms with Gasteiger partial charge < -0.3 is 26.8 Å². The van der Waals surface area contributed by atoms with Crippen molar-refractivity contribution in [2.75, 3.05) is 22.1 Å². The third kappa shape index (κ3) is 9.21. The molecule has 48 heavy (non-hydrogen) atoms. The van der Waals surface area contributed by atoms with Crippen LogP contribution in [0.15, 0.2) is 77.8 Å². The minimum Gasteiger partial charge on any atom is -0.475 e. The standard InChI is InChI=1S/C31H33N5O4S.C2HF3O2/c1-3-41(39,40)28-12-10-25(35-19(2)37)17-24(28)18-34-31(38)29(23-6-4-5-21(15-23)20-7-8-20)36-26-9-11-27-22(16-26)13-14-33-30(27)32;3-2(4,5)1(6)7/h4-6,9-17,20,29,36H,3,7-8,18H2,1-2H3,(H2,32,33)(H,34,38)(H,35,37);(H,6,7). The smallest absolute Gasteiger partial charge is 0.475 e. The molecule has 2 amide bonds. The molecule has 1 unspecified atom stereocenters. The number of nitrogens with two attached hydrogens (primary N) is 1. The highest BCUT2D eigenvalue weighted by Crippen LogP contribution is 2.41. The molecule has 1 aliphatic rings. The summed E-state index contributed by atoms with van der Waals surface area (Å²) >= 11 is 0. The Morgan fingerprint density at radius 2 is 1.71 bits per heavy atom. The van der Waals surface area contributed by atoms with E-state index in [-0.39, 0.29) is 29.0 Å². The lowest BCUT2D eigenvalue weighted by Gasteiger charge is -2.22. The van der Waals surface area contributed by atoms with Crippen molar-refractivity contribution in [2.45, 2.75) is 56.3 Å². The van der Waals surface area contributed by atoms with Crippen molar-refractivity contribution in [3.8, 4) is 0 Å². The number of carbonyl (C=O) groups is 3. The Morgan fingerprint density at radius 3 is 2.33 bits per heavy atom. The van der Waals surface area contributed by atoms with E-state index >= 15 is 0 Å². The number of carbonyl (C=O) groups excluding carboxylic acids is 2. The van der Waals surface area contributed by atoms with Crippen molar-refractivity contribution in [2.24, 2.45) is 0 Å². The van der Waals surface area contributed by atoms with E-state index in [2.05, 4.69) is 33.1 Å². The van der Waals surface area contributed by atoms with Gasteiger partial charge in [-0.15, -0.1) is 0 Å². The second-order valence-electron chi connectivity index (χ2n) is 11.1. The summed E-state index contributed by atoms with van der Waals surface area (Å²) in [6.45, 7) is 2.91. The number of carboxylic acids is 1. The van der Waals surface area contributed by atoms with Crippen LogP contribution in [0.5, 0.6) is 0 Å². The molecule has 1 fully saturated rings. The number of amides is 2. The van der Waals surface area contributed by atoms with Crippen molar-refractivity contribution in [3.63, 3.8) is 0 Å². The van der Waals surface area contributed by atoms with Gasteiger partial charge in [-0.1, -0.05) is 31.2 Å². The molecule has 4 aromatic rings. The first-order chi connectivity index (χ1) is 22.6. The molecule has 254 valence electrons. The van der Waals surface area contributed by atoms with E-state index in [1.807, 2.05) is 36.4 Å². The molecule has 1 atom stereocenters. The maximum atomic E-state index is 13.8. The van der Waals surface area contributed by atoms with Gasteiger partial charge in [-0.25, -0.2) is 18.2 Å². The normalized spacial score (nSPS) is 13.5. The van der Waals surface area contributed by atoms with Crippen LogP contribution >= 0.6 is 0 Å². The summed E-state index contributed by atoms with van der Waals surface area (Å²) in [7, 11) is -3.57. The van der Waals surface area contributed by atoms with Crippen LogP contribution in [0, 0.1) is 0 Å². The number of aliphatic carboxylic acids is 1. The molecule has 1 saturated carbocycles. The van der Waals surface area contributed by atoms with Gasteiger partial charge in [-0.05, 0) is 83.3 Å². The number of nitrogens with zero attached hydrogens (tertiary/aromatic N) is 1. The van der Waals surface area contributed by atoms with Gasteiger partial charge in [0, 0.05) is 36.4 Å². The zero-order valence-electron chi connectivity index (χ0n) is 26.0. The van der Waals surface area contributed by atoms with Crippen molar-refractivity contribution < 1.29 is 41.1 Å². The molecule has 3 aromatic carbocycles. The molecule has 0 saturated heterocycles. The van der Waals surface area contributed by atoms with Crippen LogP contribution in [0.2, 0.25) is 0 Å². The van der Waals surface area contributed by atoms with Crippen molar-refractivity contribution in [3.05, 3.63) is 89.6 Å². The van der Waals surface area contributed by atoms with E-state index in [4.69, 9.17) is 15.6 Å². The Balaban J connectivity index is 0.000000671. The fraction of sp³-hybridized carbons (Fsp3) is 0.273. The van der Waals surface area contributed by atoms with Gasteiger partial charge in [0.25, 0.3) is 0 Å². The number of hydrogen-bond donors (Lipinski definition) is 5. The number of sulfone groups is 1. The Morgan fingerprint density at radius 1 is 1.02 bits per heavy atom. The Kier molecular flexibility index (Phi) is 10.9. The molecule has 1 aliphatic carbocycles. The summed E-state index contributed by atoms with van der Waals surface area (Å²) in [5.41, 5.74) is 9.59. The summed E-state index contributed by atoms with van der Waals surface area (Å²) in [4.78, 5) is 38.6. The van der Waals surface area contributed by atoms with E-state index in [0.29, 0.717) is 23.0 Å². The number of halogens is 3. The minimum absolute atomic E-state index is 0.0404. The monoisotopic (exact) mass is 685 g/mol. The number of anilines is 3. The number of alkyl halides is 3. The zero-order chi connectivity index (χ0) is 35.2. The first-order valence-corrected chi connectivity index (χ1v) is 16.5. The Hall–Kier alpha value is -5.18. The lowest BCUT2D eigenvalue weighted by Crippen LogP contribution is -2.33. The molecule has 0 spiro atoms. The third-order valence-corrected chi connectivity index (χ3v) is 9.28. The fourth-order valence-corrected chi connectivity index (χ4v) is 6.03. The van der Waals surface area contributed by atoms with Gasteiger partial charge >= 0.3 is 12.1 Å². The summed E-state index contributed by atoms with van der Waals surface area (Å²) < 4.78 is 57.4. The highest BCUT2D eigenvalue weighted by Gasteiger charge is 2.38. The Bertz CT molecular complexity index is 1950. The van der Waals surface area contributed by atoms with Crippen LogP contribution in [-0.2, 0) is 30.8 Å². The predicted octanol–water partition coefficient (Wildman–Crippen LogP) is 5.55. The van der Waals surface area contributed by atoms with Crippen LogP contribution < -0.4 is 21.7 Å². The van der Waals surface area contributed by atoms with Crippen LogP contribution in [0.1, 0.15) is 55.3 Å². The summed E-state index contributed by atoms with van der Waals surface area (Å²) in [6, 6.07) is 19.4. The van der Waals surface area contributed by atoms with Crippen LogP contribution in [-0.4, -0.2) is 48.2 Å². The fourth-order valence-electron chi connectivity index (χ4n) is 4.91. The van der Waals surface area contributed by atoms with Gasteiger partial charge in [0.15, 0.2) is 9.84 Å². The number of carboxylic acid groups (broad SMARTS) is 1. The molecule has 1 aromatic heterocycles. The largest absolute Gasteiger partial charge is 0.490 e. The van der Waals surface area contributed by atoms with Crippen molar-refractivity contribution >= 4 is 55.6 Å². The number of pyridine rings is 1. The average Bonchev–Trinajstić information content (AvgIpc) is 3.88. The van der Waals surface area contributed by atoms with E-state index in [0.717, 1.165) is 34.9 Å². The highest BCUT2D eigenvalue weighted by molar-refractivity contribution is 7.91. The summed E-state index contributed by atoms with van der Waals surface area (Å²) in [6.07, 6.45) is -1.18. The third-order valence-electron chi connectivity index (χ3n) is 7.45. The first kappa shape index (κ1) is 35.7. The van der Waals surface area contributed by atoms with Gasteiger partial charge in [0.2, 0.25) is 11.8 Å². The molecule has 0 bridgehead atoms. The second kappa shape index (κ2) is 14.7. The quantitative estimate of drug-likeness (QED) is 0.143. The zero-order valence-corrected chi connectivity index (χ0v) is 26.8. The topological polar surface area (TPSA) is 181 Å². The summed E-state index contributed by atoms with van der Waals surface area (Å²) in [5.74, 6) is -2.51. The number of aromatic nitrogens is 1. The average molecular weight is 686 g/mol. The molecule has 5 rings (SSSR count). The number of hydrogen-bond acceptors (Lipinski definition) is 8. The van der Waals surface area contributed by atoms with Crippen LogP contribution in [0.25, 0.3) is 10.8 Å². The number of benzene rings is 3. The van der Waals surface area contributed by atoms with Gasteiger partial charge in [-0.2, -0.15) is 13.2 Å². The van der Waals surface area contributed by atoms with Gasteiger partial charge in [0.05, 0.1) is 10.6 Å². The van der Waals surface area contributed by atoms with Gasteiger partial charge in [-0.3, -0.25) is 9.59 Å². The molecular formula is C33H34F3N5O6S. The SMILES string of the molecule is CCS(=O)(=O)c1ccc(NC(C)=O)cc1CNC(=O)C(Nc1ccc2c(N)nccc2c1)c1cccc(C2CC2)c1.O=C(O)C(F)(F)F. The molecule has 0 aliphatic heterocycles. The van der Waals surface area contributed by atoms with Gasteiger partial charge in [0.1, 0.15) is 11.9 Å². The number of nitrogens with one attached hydrogen (secondary N) is 3. The molecule has 11 nitrogen and oxygen atoms in total. The van der Waals surface area contributed by atoms with Crippen LogP contribution in [0.4, 0.5) is 30.4 Å². The second-order valence-corrected chi connectivity index (χ2v) is 13.3. The van der Waals surface area contributed by atoms with E-state index in [9.17, 15) is 31.2 Å². The van der Waals surface area contributed by atoms with Crippen molar-refractivity contribution in [1.29, 1.82) is 0 Å². The molecule has 6 N–H and O–H groups in total. The van der Waals surface area contributed by atoms with Crippen LogP contribution in [0.3, 0.4) is 0 Å². The summed E-state index contributed by atoms with van der Waals surface area (Å²) in [5, 5.41) is 17.8. The molecule has 0 radical (unpaired) electrons. The first-order valence-electron chi connectivity index (χ1n) is 14.8. The molecule has 1 heterocycles. The van der Waals surface area contributed by atoms with E-state index < -0.39 is 28.0 Å². The molecular weight excluding hydrogens is 651 g/mol. The lowest BCUT2D eigenvalue weighted by molar-refractivity contribution is -0.192. The molecule has 15 heteroatoms. The number of nitrogen functional groups attached to an aromatic ring is 1.